The molecule has 0 spiro atoms. The molecule has 1 aromatic rings. The van der Waals surface area contributed by atoms with E-state index >= 15 is 0 Å². The summed E-state index contributed by atoms with van der Waals surface area (Å²) in [6.45, 7) is 4.43. The van der Waals surface area contributed by atoms with Crippen molar-refractivity contribution in [3.63, 3.8) is 0 Å². The van der Waals surface area contributed by atoms with Gasteiger partial charge in [0.25, 0.3) is 5.91 Å². The van der Waals surface area contributed by atoms with Crippen LogP contribution in [-0.4, -0.2) is 37.6 Å². The van der Waals surface area contributed by atoms with E-state index < -0.39 is 0 Å². The van der Waals surface area contributed by atoms with E-state index in [-0.39, 0.29) is 24.5 Å². The van der Waals surface area contributed by atoms with Crippen LogP contribution in [0, 0.1) is 0 Å². The maximum atomic E-state index is 11.8. The van der Waals surface area contributed by atoms with Crippen molar-refractivity contribution in [3.8, 4) is 0 Å². The SMILES string of the molecule is CC(C)NC(=O)c1cccc(NC(=O)COCCN)c1. The van der Waals surface area contributed by atoms with Crippen LogP contribution in [0.3, 0.4) is 0 Å². The summed E-state index contributed by atoms with van der Waals surface area (Å²) in [5, 5.41) is 5.46. The number of carbonyl (C=O) groups excluding carboxylic acids is 2. The minimum atomic E-state index is -0.278. The summed E-state index contributed by atoms with van der Waals surface area (Å²) in [6.07, 6.45) is 0. The van der Waals surface area contributed by atoms with Crippen LogP contribution in [0.4, 0.5) is 5.69 Å². The maximum absolute atomic E-state index is 11.8. The molecular formula is C14H21N3O3. The Balaban J connectivity index is 2.59. The molecule has 2 amide bonds. The second-order valence-electron chi connectivity index (χ2n) is 4.60. The molecule has 0 unspecified atom stereocenters. The molecule has 0 aliphatic rings. The van der Waals surface area contributed by atoms with Crippen molar-refractivity contribution in [1.82, 2.24) is 5.32 Å². The summed E-state index contributed by atoms with van der Waals surface area (Å²) in [4.78, 5) is 23.4. The van der Waals surface area contributed by atoms with E-state index in [1.54, 1.807) is 24.3 Å². The Hall–Kier alpha value is -1.92. The lowest BCUT2D eigenvalue weighted by molar-refractivity contribution is -0.120. The topological polar surface area (TPSA) is 93.5 Å². The molecule has 0 fully saturated rings. The molecule has 0 saturated heterocycles. The van der Waals surface area contributed by atoms with Gasteiger partial charge >= 0.3 is 0 Å². The number of rotatable bonds is 7. The van der Waals surface area contributed by atoms with Gasteiger partial charge in [-0.1, -0.05) is 6.07 Å². The Kier molecular flexibility index (Phi) is 6.69. The maximum Gasteiger partial charge on any atom is 0.251 e. The van der Waals surface area contributed by atoms with Gasteiger partial charge in [-0.25, -0.2) is 0 Å². The van der Waals surface area contributed by atoms with Crippen molar-refractivity contribution < 1.29 is 14.3 Å². The predicted molar refractivity (Wildman–Crippen MR) is 77.5 cm³/mol. The normalized spacial score (nSPS) is 10.4. The number of amides is 2. The molecule has 0 aliphatic heterocycles. The highest BCUT2D eigenvalue weighted by atomic mass is 16.5. The van der Waals surface area contributed by atoms with Gasteiger partial charge in [0.1, 0.15) is 6.61 Å². The molecule has 0 radical (unpaired) electrons. The van der Waals surface area contributed by atoms with Crippen molar-refractivity contribution in [2.24, 2.45) is 5.73 Å². The van der Waals surface area contributed by atoms with Crippen LogP contribution in [0.25, 0.3) is 0 Å². The summed E-state index contributed by atoms with van der Waals surface area (Å²) in [5.41, 5.74) is 6.32. The smallest absolute Gasteiger partial charge is 0.251 e. The third kappa shape index (κ3) is 5.81. The third-order valence-corrected chi connectivity index (χ3v) is 2.32. The monoisotopic (exact) mass is 279 g/mol. The highest BCUT2D eigenvalue weighted by Crippen LogP contribution is 2.10. The molecule has 110 valence electrons. The number of hydrogen-bond acceptors (Lipinski definition) is 4. The Morgan fingerprint density at radius 3 is 2.75 bits per heavy atom. The van der Waals surface area contributed by atoms with Crippen LogP contribution < -0.4 is 16.4 Å². The van der Waals surface area contributed by atoms with E-state index in [1.807, 2.05) is 13.8 Å². The molecule has 4 N–H and O–H groups in total. The van der Waals surface area contributed by atoms with Gasteiger partial charge in [-0.2, -0.15) is 0 Å². The minimum absolute atomic E-state index is 0.0559. The quantitative estimate of drug-likeness (QED) is 0.642. The first kappa shape index (κ1) is 16.1. The number of ether oxygens (including phenoxy) is 1. The molecule has 1 rings (SSSR count). The van der Waals surface area contributed by atoms with Gasteiger partial charge in [0, 0.05) is 23.8 Å². The van der Waals surface area contributed by atoms with E-state index in [9.17, 15) is 9.59 Å². The van der Waals surface area contributed by atoms with Gasteiger partial charge in [-0.05, 0) is 32.0 Å². The molecule has 0 bridgehead atoms. The number of nitrogens with two attached hydrogens (primary N) is 1. The Bertz CT molecular complexity index is 461. The lowest BCUT2D eigenvalue weighted by atomic mass is 10.2. The second kappa shape index (κ2) is 8.29. The van der Waals surface area contributed by atoms with Gasteiger partial charge in [0.2, 0.25) is 5.91 Å². The Morgan fingerprint density at radius 1 is 1.35 bits per heavy atom. The van der Waals surface area contributed by atoms with Gasteiger partial charge in [-0.3, -0.25) is 9.59 Å². The van der Waals surface area contributed by atoms with E-state index in [0.29, 0.717) is 24.4 Å². The average Bonchev–Trinajstić information content (AvgIpc) is 2.38. The van der Waals surface area contributed by atoms with Crippen LogP contribution >= 0.6 is 0 Å². The average molecular weight is 279 g/mol. The zero-order valence-electron chi connectivity index (χ0n) is 11.8. The molecular weight excluding hydrogens is 258 g/mol. The largest absolute Gasteiger partial charge is 0.370 e. The Labute approximate surface area is 118 Å². The highest BCUT2D eigenvalue weighted by Gasteiger charge is 2.08. The zero-order chi connectivity index (χ0) is 15.0. The van der Waals surface area contributed by atoms with Gasteiger partial charge in [-0.15, -0.1) is 0 Å². The molecule has 0 heterocycles. The minimum Gasteiger partial charge on any atom is -0.370 e. The third-order valence-electron chi connectivity index (χ3n) is 2.32. The highest BCUT2D eigenvalue weighted by molar-refractivity contribution is 5.97. The van der Waals surface area contributed by atoms with Crippen LogP contribution in [-0.2, 0) is 9.53 Å². The van der Waals surface area contributed by atoms with Crippen LogP contribution in [0.2, 0.25) is 0 Å². The zero-order valence-corrected chi connectivity index (χ0v) is 11.8. The molecule has 0 saturated carbocycles. The van der Waals surface area contributed by atoms with E-state index in [1.165, 1.54) is 0 Å². The number of anilines is 1. The van der Waals surface area contributed by atoms with Crippen LogP contribution in [0.15, 0.2) is 24.3 Å². The van der Waals surface area contributed by atoms with Crippen molar-refractivity contribution in [3.05, 3.63) is 29.8 Å². The summed E-state index contributed by atoms with van der Waals surface area (Å²) < 4.78 is 5.03. The van der Waals surface area contributed by atoms with Crippen molar-refractivity contribution >= 4 is 17.5 Å². The molecule has 0 atom stereocenters. The van der Waals surface area contributed by atoms with Gasteiger partial charge < -0.3 is 21.1 Å². The first-order valence-corrected chi connectivity index (χ1v) is 6.51. The summed E-state index contributed by atoms with van der Waals surface area (Å²) >= 11 is 0. The lowest BCUT2D eigenvalue weighted by Gasteiger charge is -2.10. The fourth-order valence-corrected chi connectivity index (χ4v) is 1.53. The summed E-state index contributed by atoms with van der Waals surface area (Å²) in [6, 6.07) is 6.81. The van der Waals surface area contributed by atoms with E-state index in [2.05, 4.69) is 10.6 Å². The van der Waals surface area contributed by atoms with E-state index in [4.69, 9.17) is 10.5 Å². The molecule has 6 nitrogen and oxygen atoms in total. The number of hydrogen-bond donors (Lipinski definition) is 3. The number of benzene rings is 1. The van der Waals surface area contributed by atoms with Crippen molar-refractivity contribution in [2.45, 2.75) is 19.9 Å². The molecule has 0 aliphatic carbocycles. The van der Waals surface area contributed by atoms with Crippen LogP contribution in [0.5, 0.6) is 0 Å². The fourth-order valence-electron chi connectivity index (χ4n) is 1.53. The number of nitrogens with one attached hydrogen (secondary N) is 2. The first-order valence-electron chi connectivity index (χ1n) is 6.51. The first-order chi connectivity index (χ1) is 9.52. The number of carbonyl (C=O) groups is 2. The Morgan fingerprint density at radius 2 is 2.10 bits per heavy atom. The van der Waals surface area contributed by atoms with Gasteiger partial charge in [0.05, 0.1) is 6.61 Å². The molecule has 1 aromatic carbocycles. The molecule has 20 heavy (non-hydrogen) atoms. The molecule has 6 heteroatoms. The van der Waals surface area contributed by atoms with Crippen molar-refractivity contribution in [2.75, 3.05) is 25.1 Å². The van der Waals surface area contributed by atoms with Gasteiger partial charge in [0.15, 0.2) is 0 Å². The molecule has 0 aromatic heterocycles. The lowest BCUT2D eigenvalue weighted by Crippen LogP contribution is -2.30. The summed E-state index contributed by atoms with van der Waals surface area (Å²) in [5.74, 6) is -0.449. The van der Waals surface area contributed by atoms with E-state index in [0.717, 1.165) is 0 Å². The predicted octanol–water partition coefficient (Wildman–Crippen LogP) is 0.739. The standard InChI is InChI=1S/C14H21N3O3/c1-10(2)16-14(19)11-4-3-5-12(8-11)17-13(18)9-20-7-6-15/h3-5,8,10H,6-7,9,15H2,1-2H3,(H,16,19)(H,17,18). The second-order valence-corrected chi connectivity index (χ2v) is 4.60. The van der Waals surface area contributed by atoms with Crippen LogP contribution in [0.1, 0.15) is 24.2 Å². The summed E-state index contributed by atoms with van der Waals surface area (Å²) in [7, 11) is 0. The van der Waals surface area contributed by atoms with Crippen molar-refractivity contribution in [1.29, 1.82) is 0 Å². The fraction of sp³-hybridized carbons (Fsp3) is 0.429.